The minimum Gasteiger partial charge on any atom is -0.374 e. The first-order chi connectivity index (χ1) is 11.5. The second-order valence-electron chi connectivity index (χ2n) is 6.89. The van der Waals surface area contributed by atoms with Gasteiger partial charge in [0.2, 0.25) is 0 Å². The fourth-order valence-electron chi connectivity index (χ4n) is 4.16. The van der Waals surface area contributed by atoms with Gasteiger partial charge >= 0.3 is 0 Å². The lowest BCUT2D eigenvalue weighted by Crippen LogP contribution is -2.35. The van der Waals surface area contributed by atoms with Crippen molar-refractivity contribution in [3.63, 3.8) is 0 Å². The molecule has 2 aliphatic heterocycles. The van der Waals surface area contributed by atoms with Crippen molar-refractivity contribution in [2.24, 2.45) is 5.92 Å². The molecule has 1 fully saturated rings. The number of benzene rings is 2. The Morgan fingerprint density at radius 3 is 2.79 bits per heavy atom. The van der Waals surface area contributed by atoms with E-state index in [0.717, 1.165) is 31.0 Å². The average molecular weight is 362 g/mol. The summed E-state index contributed by atoms with van der Waals surface area (Å²) in [6, 6.07) is 10.0. The minimum atomic E-state index is 0.595. The summed E-state index contributed by atoms with van der Waals surface area (Å²) in [5, 5.41) is 8.28. The number of aryl methyl sites for hydroxylation is 1. The number of fused-ring (bicyclic) bond motifs is 3. The molecule has 0 saturated carbocycles. The third-order valence-electron chi connectivity index (χ3n) is 5.17. The first-order valence-corrected chi connectivity index (χ1v) is 9.07. The maximum absolute atomic E-state index is 6.31. The molecule has 2 aromatic rings. The van der Waals surface area contributed by atoms with Gasteiger partial charge in [0.15, 0.2) is 0 Å². The van der Waals surface area contributed by atoms with E-state index in [-0.39, 0.29) is 0 Å². The standard InChI is InChI=1S/C19H21Cl2N3/c1-11-5-14(23-18-4-3-13(20)6-17(18)21)7-15-16-9-22-8-12(16)10-24(2)19(11)15/h3-7,12,16,22-23H,8-10H2,1-2H3/t12-,16-/m0/s1. The lowest BCUT2D eigenvalue weighted by Gasteiger charge is -2.37. The van der Waals surface area contributed by atoms with E-state index >= 15 is 0 Å². The molecule has 0 unspecified atom stereocenters. The van der Waals surface area contributed by atoms with Gasteiger partial charge < -0.3 is 15.5 Å². The number of halogens is 2. The van der Waals surface area contributed by atoms with Gasteiger partial charge in [-0.25, -0.2) is 0 Å². The Labute approximate surface area is 152 Å². The maximum atomic E-state index is 6.31. The predicted octanol–water partition coefficient (Wildman–Crippen LogP) is 4.80. The smallest absolute Gasteiger partial charge is 0.0655 e. The topological polar surface area (TPSA) is 27.3 Å². The summed E-state index contributed by atoms with van der Waals surface area (Å²) in [6.45, 7) is 5.48. The van der Waals surface area contributed by atoms with Crippen LogP contribution in [0, 0.1) is 12.8 Å². The van der Waals surface area contributed by atoms with E-state index in [0.29, 0.717) is 21.9 Å². The summed E-state index contributed by atoms with van der Waals surface area (Å²) in [4.78, 5) is 2.40. The Balaban J connectivity index is 1.73. The molecule has 0 bridgehead atoms. The van der Waals surface area contributed by atoms with Crippen molar-refractivity contribution in [1.29, 1.82) is 0 Å². The third kappa shape index (κ3) is 2.75. The predicted molar refractivity (Wildman–Crippen MR) is 103 cm³/mol. The Hall–Kier alpha value is -1.42. The van der Waals surface area contributed by atoms with Crippen molar-refractivity contribution in [2.45, 2.75) is 12.8 Å². The molecule has 2 N–H and O–H groups in total. The van der Waals surface area contributed by atoms with Gasteiger partial charge in [0.1, 0.15) is 0 Å². The molecule has 2 aromatic carbocycles. The van der Waals surface area contributed by atoms with Crippen LogP contribution < -0.4 is 15.5 Å². The Morgan fingerprint density at radius 2 is 2.00 bits per heavy atom. The monoisotopic (exact) mass is 361 g/mol. The highest BCUT2D eigenvalue weighted by atomic mass is 35.5. The average Bonchev–Trinajstić information content (AvgIpc) is 2.98. The number of nitrogens with zero attached hydrogens (tertiary/aromatic N) is 1. The van der Waals surface area contributed by atoms with Gasteiger partial charge in [0.25, 0.3) is 0 Å². The zero-order chi connectivity index (χ0) is 16.8. The second kappa shape index (κ2) is 6.14. The highest BCUT2D eigenvalue weighted by Crippen LogP contribution is 2.43. The minimum absolute atomic E-state index is 0.595. The van der Waals surface area contributed by atoms with Crippen molar-refractivity contribution >= 4 is 40.3 Å². The van der Waals surface area contributed by atoms with E-state index in [2.05, 4.69) is 41.6 Å². The number of hydrogen-bond acceptors (Lipinski definition) is 3. The van der Waals surface area contributed by atoms with Gasteiger partial charge in [-0.2, -0.15) is 0 Å². The van der Waals surface area contributed by atoms with Gasteiger partial charge in [-0.3, -0.25) is 0 Å². The quantitative estimate of drug-likeness (QED) is 0.804. The summed E-state index contributed by atoms with van der Waals surface area (Å²) in [5.41, 5.74) is 6.08. The number of rotatable bonds is 2. The van der Waals surface area contributed by atoms with E-state index in [4.69, 9.17) is 23.2 Å². The first kappa shape index (κ1) is 16.1. The maximum Gasteiger partial charge on any atom is 0.0655 e. The molecule has 0 aliphatic carbocycles. The van der Waals surface area contributed by atoms with Gasteiger partial charge in [0, 0.05) is 49.0 Å². The number of nitrogens with one attached hydrogen (secondary N) is 2. The van der Waals surface area contributed by atoms with Gasteiger partial charge in [-0.05, 0) is 54.3 Å². The summed E-state index contributed by atoms with van der Waals surface area (Å²) in [7, 11) is 2.20. The molecular formula is C19H21Cl2N3. The van der Waals surface area contributed by atoms with E-state index in [9.17, 15) is 0 Å². The van der Waals surface area contributed by atoms with Crippen LogP contribution in [0.2, 0.25) is 10.0 Å². The second-order valence-corrected chi connectivity index (χ2v) is 7.73. The van der Waals surface area contributed by atoms with Gasteiger partial charge in [-0.15, -0.1) is 0 Å². The summed E-state index contributed by atoms with van der Waals surface area (Å²) >= 11 is 12.3. The summed E-state index contributed by atoms with van der Waals surface area (Å²) < 4.78 is 0. The van der Waals surface area contributed by atoms with Crippen LogP contribution in [0.15, 0.2) is 30.3 Å². The molecule has 4 rings (SSSR count). The summed E-state index contributed by atoms with van der Waals surface area (Å²) in [6.07, 6.45) is 0. The fourth-order valence-corrected chi connectivity index (χ4v) is 4.62. The van der Waals surface area contributed by atoms with E-state index in [1.807, 2.05) is 12.1 Å². The molecule has 3 nitrogen and oxygen atoms in total. The highest BCUT2D eigenvalue weighted by Gasteiger charge is 2.36. The van der Waals surface area contributed by atoms with Gasteiger partial charge in [-0.1, -0.05) is 23.2 Å². The molecule has 126 valence electrons. The molecule has 2 aliphatic rings. The van der Waals surface area contributed by atoms with Crippen molar-refractivity contribution in [3.8, 4) is 0 Å². The molecule has 24 heavy (non-hydrogen) atoms. The zero-order valence-corrected chi connectivity index (χ0v) is 15.4. The van der Waals surface area contributed by atoms with Crippen LogP contribution in [0.5, 0.6) is 0 Å². The Kier molecular flexibility index (Phi) is 4.11. The van der Waals surface area contributed by atoms with Crippen molar-refractivity contribution in [1.82, 2.24) is 5.32 Å². The van der Waals surface area contributed by atoms with Crippen LogP contribution in [0.25, 0.3) is 0 Å². The van der Waals surface area contributed by atoms with Crippen LogP contribution in [-0.2, 0) is 0 Å². The van der Waals surface area contributed by atoms with Crippen molar-refractivity contribution in [3.05, 3.63) is 51.5 Å². The van der Waals surface area contributed by atoms with Crippen LogP contribution >= 0.6 is 23.2 Å². The molecule has 0 amide bonds. The third-order valence-corrected chi connectivity index (χ3v) is 5.72. The van der Waals surface area contributed by atoms with Gasteiger partial charge in [0.05, 0.1) is 10.7 Å². The fraction of sp³-hybridized carbons (Fsp3) is 0.368. The molecule has 0 radical (unpaired) electrons. The molecule has 2 heterocycles. The van der Waals surface area contributed by atoms with Crippen molar-refractivity contribution in [2.75, 3.05) is 36.9 Å². The molecule has 0 spiro atoms. The molecule has 2 atom stereocenters. The number of hydrogen-bond donors (Lipinski definition) is 2. The van der Waals surface area contributed by atoms with Crippen LogP contribution in [-0.4, -0.2) is 26.7 Å². The Bertz CT molecular complexity index is 790. The first-order valence-electron chi connectivity index (χ1n) is 8.31. The largest absolute Gasteiger partial charge is 0.374 e. The van der Waals surface area contributed by atoms with Crippen LogP contribution in [0.4, 0.5) is 17.1 Å². The molecule has 0 aromatic heterocycles. The molecular weight excluding hydrogens is 341 g/mol. The molecule has 5 heteroatoms. The van der Waals surface area contributed by atoms with E-state index in [1.54, 1.807) is 6.07 Å². The Morgan fingerprint density at radius 1 is 1.17 bits per heavy atom. The molecule has 1 saturated heterocycles. The summed E-state index contributed by atoms with van der Waals surface area (Å²) in [5.74, 6) is 1.29. The highest BCUT2D eigenvalue weighted by molar-refractivity contribution is 6.36. The van der Waals surface area contributed by atoms with E-state index in [1.165, 1.54) is 16.8 Å². The zero-order valence-electron chi connectivity index (χ0n) is 13.9. The van der Waals surface area contributed by atoms with Crippen LogP contribution in [0.1, 0.15) is 17.0 Å². The lowest BCUT2D eigenvalue weighted by atomic mass is 9.82. The normalized spacial score (nSPS) is 22.2. The number of anilines is 3. The lowest BCUT2D eigenvalue weighted by molar-refractivity contribution is 0.496. The van der Waals surface area contributed by atoms with E-state index < -0.39 is 0 Å². The van der Waals surface area contributed by atoms with Crippen LogP contribution in [0.3, 0.4) is 0 Å². The van der Waals surface area contributed by atoms with Crippen molar-refractivity contribution < 1.29 is 0 Å². The SMILES string of the molecule is Cc1cc(Nc2ccc(Cl)cc2Cl)cc2c1N(C)C[C@@H]1CNC[C@H]21.